The van der Waals surface area contributed by atoms with Gasteiger partial charge in [0.2, 0.25) is 0 Å². The molecule has 0 spiro atoms. The lowest BCUT2D eigenvalue weighted by molar-refractivity contribution is 0.102. The van der Waals surface area contributed by atoms with E-state index in [4.69, 9.17) is 11.6 Å². The van der Waals surface area contributed by atoms with Crippen molar-refractivity contribution in [1.82, 2.24) is 0 Å². The Morgan fingerprint density at radius 3 is 2.85 bits per heavy atom. The zero-order valence-corrected chi connectivity index (χ0v) is 11.8. The molecule has 3 aromatic rings. The number of nitrogens with one attached hydrogen (secondary N) is 1. The van der Waals surface area contributed by atoms with Gasteiger partial charge in [-0.3, -0.25) is 4.79 Å². The number of fused-ring (bicyclic) bond motifs is 1. The van der Waals surface area contributed by atoms with Gasteiger partial charge in [-0.2, -0.15) is 0 Å². The van der Waals surface area contributed by atoms with Gasteiger partial charge < -0.3 is 5.32 Å². The number of amides is 1. The average Bonchev–Trinajstić information content (AvgIpc) is 2.91. The van der Waals surface area contributed by atoms with E-state index in [0.717, 1.165) is 10.1 Å². The van der Waals surface area contributed by atoms with Crippen LogP contribution in [0.5, 0.6) is 0 Å². The van der Waals surface area contributed by atoms with E-state index >= 15 is 0 Å². The number of halogens is 2. The van der Waals surface area contributed by atoms with Crippen molar-refractivity contribution in [3.8, 4) is 0 Å². The Morgan fingerprint density at radius 2 is 2.05 bits per heavy atom. The monoisotopic (exact) mass is 305 g/mol. The first-order chi connectivity index (χ1) is 9.65. The molecule has 5 heteroatoms. The van der Waals surface area contributed by atoms with Crippen molar-refractivity contribution in [3.05, 3.63) is 64.2 Å². The predicted molar refractivity (Wildman–Crippen MR) is 81.2 cm³/mol. The molecule has 0 unspecified atom stereocenters. The molecule has 2 aromatic carbocycles. The van der Waals surface area contributed by atoms with E-state index in [1.54, 1.807) is 17.4 Å². The summed E-state index contributed by atoms with van der Waals surface area (Å²) in [6, 6.07) is 11.6. The first-order valence-corrected chi connectivity index (χ1v) is 7.13. The van der Waals surface area contributed by atoms with Crippen LogP contribution < -0.4 is 5.32 Å². The van der Waals surface area contributed by atoms with Crippen LogP contribution in [-0.2, 0) is 0 Å². The summed E-state index contributed by atoms with van der Waals surface area (Å²) >= 11 is 7.28. The normalized spacial score (nSPS) is 10.7. The van der Waals surface area contributed by atoms with Gasteiger partial charge in [0, 0.05) is 21.3 Å². The minimum absolute atomic E-state index is 0.0171. The third kappa shape index (κ3) is 2.40. The standard InChI is InChI=1S/C15H9ClFNOS/c16-12-8-9(4-5-13(12)17)18-15(19)11-2-1-3-14-10(11)6-7-20-14/h1-8H,(H,18,19). The van der Waals surface area contributed by atoms with Gasteiger partial charge in [0.25, 0.3) is 5.91 Å². The van der Waals surface area contributed by atoms with Crippen LogP contribution in [0, 0.1) is 5.82 Å². The molecule has 2 nitrogen and oxygen atoms in total. The number of benzene rings is 2. The second kappa shape index (κ2) is 5.23. The van der Waals surface area contributed by atoms with Gasteiger partial charge in [-0.05, 0) is 41.8 Å². The molecule has 0 fully saturated rings. The number of hydrogen-bond acceptors (Lipinski definition) is 2. The Balaban J connectivity index is 1.93. The molecule has 1 heterocycles. The van der Waals surface area contributed by atoms with Crippen LogP contribution in [0.2, 0.25) is 5.02 Å². The molecule has 0 aliphatic heterocycles. The molecule has 1 amide bonds. The van der Waals surface area contributed by atoms with Crippen LogP contribution in [-0.4, -0.2) is 5.91 Å². The molecule has 0 saturated heterocycles. The van der Waals surface area contributed by atoms with Gasteiger partial charge >= 0.3 is 0 Å². The summed E-state index contributed by atoms with van der Waals surface area (Å²) in [5, 5.41) is 5.55. The first-order valence-electron chi connectivity index (χ1n) is 5.88. The van der Waals surface area contributed by atoms with Crippen LogP contribution in [0.25, 0.3) is 10.1 Å². The summed E-state index contributed by atoms with van der Waals surface area (Å²) < 4.78 is 14.1. The maximum absolute atomic E-state index is 13.1. The van der Waals surface area contributed by atoms with Crippen LogP contribution >= 0.6 is 22.9 Å². The summed E-state index contributed by atoms with van der Waals surface area (Å²) in [5.74, 6) is -0.749. The smallest absolute Gasteiger partial charge is 0.256 e. The summed E-state index contributed by atoms with van der Waals surface area (Å²) in [5.41, 5.74) is 1.05. The van der Waals surface area contributed by atoms with Gasteiger partial charge in [0.05, 0.1) is 5.02 Å². The minimum atomic E-state index is -0.510. The third-order valence-electron chi connectivity index (χ3n) is 2.92. The topological polar surface area (TPSA) is 29.1 Å². The van der Waals surface area contributed by atoms with Crippen LogP contribution in [0.4, 0.5) is 10.1 Å². The first kappa shape index (κ1) is 13.1. The summed E-state index contributed by atoms with van der Waals surface area (Å²) in [4.78, 5) is 12.3. The van der Waals surface area contributed by atoms with Crippen molar-refractivity contribution < 1.29 is 9.18 Å². The number of carbonyl (C=O) groups is 1. The lowest BCUT2D eigenvalue weighted by Crippen LogP contribution is -2.12. The highest BCUT2D eigenvalue weighted by molar-refractivity contribution is 7.17. The molecule has 1 N–H and O–H groups in total. The van der Waals surface area contributed by atoms with Crippen molar-refractivity contribution in [2.45, 2.75) is 0 Å². The van der Waals surface area contributed by atoms with Gasteiger partial charge in [0.15, 0.2) is 0 Å². The molecule has 3 rings (SSSR count). The van der Waals surface area contributed by atoms with Crippen molar-refractivity contribution in [2.24, 2.45) is 0 Å². The molecule has 0 saturated carbocycles. The Bertz CT molecular complexity index is 799. The second-order valence-electron chi connectivity index (χ2n) is 4.22. The zero-order valence-electron chi connectivity index (χ0n) is 10.2. The second-order valence-corrected chi connectivity index (χ2v) is 5.58. The molecule has 0 aliphatic carbocycles. The van der Waals surface area contributed by atoms with Crippen LogP contribution in [0.1, 0.15) is 10.4 Å². The fraction of sp³-hybridized carbons (Fsp3) is 0. The van der Waals surface area contributed by atoms with Gasteiger partial charge in [-0.1, -0.05) is 17.7 Å². The Morgan fingerprint density at radius 1 is 1.20 bits per heavy atom. The van der Waals surface area contributed by atoms with Crippen molar-refractivity contribution >= 4 is 44.6 Å². The van der Waals surface area contributed by atoms with Crippen LogP contribution in [0.3, 0.4) is 0 Å². The number of hydrogen-bond donors (Lipinski definition) is 1. The molecule has 0 radical (unpaired) electrons. The van der Waals surface area contributed by atoms with E-state index in [2.05, 4.69) is 5.32 Å². The fourth-order valence-corrected chi connectivity index (χ4v) is 2.96. The summed E-state index contributed by atoms with van der Waals surface area (Å²) in [7, 11) is 0. The molecule has 100 valence electrons. The Labute approximate surface area is 123 Å². The van der Waals surface area contributed by atoms with E-state index in [1.807, 2.05) is 23.6 Å². The maximum Gasteiger partial charge on any atom is 0.256 e. The molecule has 0 atom stereocenters. The van der Waals surface area contributed by atoms with E-state index in [-0.39, 0.29) is 10.9 Å². The minimum Gasteiger partial charge on any atom is -0.322 e. The summed E-state index contributed by atoms with van der Waals surface area (Å²) in [6.07, 6.45) is 0. The van der Waals surface area contributed by atoms with Crippen LogP contribution in [0.15, 0.2) is 47.8 Å². The lowest BCUT2D eigenvalue weighted by atomic mass is 10.1. The molecule has 0 aliphatic rings. The molecule has 0 bridgehead atoms. The van der Waals surface area contributed by atoms with Crippen molar-refractivity contribution in [1.29, 1.82) is 0 Å². The molecule has 20 heavy (non-hydrogen) atoms. The van der Waals surface area contributed by atoms with E-state index in [9.17, 15) is 9.18 Å². The number of rotatable bonds is 2. The highest BCUT2D eigenvalue weighted by Crippen LogP contribution is 2.25. The quantitative estimate of drug-likeness (QED) is 0.713. The molecule has 1 aromatic heterocycles. The Kier molecular flexibility index (Phi) is 3.42. The number of anilines is 1. The van der Waals surface area contributed by atoms with E-state index in [0.29, 0.717) is 11.3 Å². The van der Waals surface area contributed by atoms with Gasteiger partial charge in [-0.15, -0.1) is 11.3 Å². The SMILES string of the molecule is O=C(Nc1ccc(F)c(Cl)c1)c1cccc2sccc12. The number of carbonyl (C=O) groups excluding carboxylic acids is 1. The third-order valence-corrected chi connectivity index (χ3v) is 4.09. The predicted octanol–water partition coefficient (Wildman–Crippen LogP) is 4.95. The highest BCUT2D eigenvalue weighted by atomic mass is 35.5. The average molecular weight is 306 g/mol. The largest absolute Gasteiger partial charge is 0.322 e. The van der Waals surface area contributed by atoms with Crippen molar-refractivity contribution in [3.63, 3.8) is 0 Å². The highest BCUT2D eigenvalue weighted by Gasteiger charge is 2.11. The van der Waals surface area contributed by atoms with Gasteiger partial charge in [-0.25, -0.2) is 4.39 Å². The maximum atomic E-state index is 13.1. The molecular weight excluding hydrogens is 297 g/mol. The zero-order chi connectivity index (χ0) is 14.1. The Hall–Kier alpha value is -1.91. The fourth-order valence-electron chi connectivity index (χ4n) is 1.96. The van der Waals surface area contributed by atoms with E-state index in [1.165, 1.54) is 18.2 Å². The lowest BCUT2D eigenvalue weighted by Gasteiger charge is -2.07. The van der Waals surface area contributed by atoms with Crippen molar-refractivity contribution in [2.75, 3.05) is 5.32 Å². The summed E-state index contributed by atoms with van der Waals surface area (Å²) in [6.45, 7) is 0. The number of thiophene rings is 1. The van der Waals surface area contributed by atoms with E-state index < -0.39 is 5.82 Å². The van der Waals surface area contributed by atoms with Gasteiger partial charge in [0.1, 0.15) is 5.82 Å². The molecular formula is C15H9ClFNOS.